The molecule has 0 radical (unpaired) electrons. The number of hydrogen-bond acceptors (Lipinski definition) is 3. The normalized spacial score (nSPS) is 10.4. The Morgan fingerprint density at radius 1 is 1.50 bits per heavy atom. The summed E-state index contributed by atoms with van der Waals surface area (Å²) in [7, 11) is 3.35. The van der Waals surface area contributed by atoms with Crippen LogP contribution in [0.15, 0.2) is 23.2 Å². The Morgan fingerprint density at radius 3 is 2.69 bits per heavy atom. The molecule has 0 atom stereocenters. The number of thiocarbonyl (C=S) groups is 1. The molecule has 5 heteroatoms. The Labute approximate surface area is 105 Å². The Balaban J connectivity index is 3.04. The first-order chi connectivity index (χ1) is 7.56. The Kier molecular flexibility index (Phi) is 4.58. The van der Waals surface area contributed by atoms with Crippen molar-refractivity contribution in [2.75, 3.05) is 14.1 Å². The summed E-state index contributed by atoms with van der Waals surface area (Å²) >= 11 is 10.6. The molecule has 0 unspecified atom stereocenters. The minimum absolute atomic E-state index is 0.129. The number of benzene rings is 1. The maximum Gasteiger partial charge on any atom is 0.254 e. The molecule has 1 rings (SSSR count). The zero-order valence-corrected chi connectivity index (χ0v) is 10.5. The molecule has 0 fully saturated rings. The molecule has 0 saturated heterocycles. The van der Waals surface area contributed by atoms with Crippen molar-refractivity contribution in [1.29, 1.82) is 0 Å². The quantitative estimate of drug-likeness (QED) is 0.614. The molecule has 1 aromatic rings. The summed E-state index contributed by atoms with van der Waals surface area (Å²) in [6, 6.07) is 5.01. The lowest BCUT2D eigenvalue weighted by atomic mass is 10.2. The zero-order valence-electron chi connectivity index (χ0n) is 8.98. The van der Waals surface area contributed by atoms with Gasteiger partial charge in [0.15, 0.2) is 0 Å². The van der Waals surface area contributed by atoms with E-state index in [1.165, 1.54) is 16.5 Å². The SMILES string of the molecule is CN(C)C(=O)c1ccc(N=CC=S)cc1Cl. The number of halogens is 1. The first-order valence-electron chi connectivity index (χ1n) is 4.55. The maximum absolute atomic E-state index is 11.7. The van der Waals surface area contributed by atoms with E-state index in [2.05, 4.69) is 17.2 Å². The molecule has 0 aromatic heterocycles. The highest BCUT2D eigenvalue weighted by molar-refractivity contribution is 7.80. The lowest BCUT2D eigenvalue weighted by molar-refractivity contribution is 0.0828. The van der Waals surface area contributed by atoms with Crippen molar-refractivity contribution < 1.29 is 4.79 Å². The van der Waals surface area contributed by atoms with Crippen molar-refractivity contribution in [1.82, 2.24) is 4.90 Å². The van der Waals surface area contributed by atoms with Gasteiger partial charge < -0.3 is 4.90 Å². The van der Waals surface area contributed by atoms with Crippen molar-refractivity contribution in [3.05, 3.63) is 28.8 Å². The van der Waals surface area contributed by atoms with E-state index >= 15 is 0 Å². The van der Waals surface area contributed by atoms with Gasteiger partial charge in [-0.15, -0.1) is 0 Å². The molecule has 0 aliphatic rings. The molecule has 0 spiro atoms. The predicted octanol–water partition coefficient (Wildman–Crippen LogP) is 2.74. The van der Waals surface area contributed by atoms with E-state index in [1.54, 1.807) is 32.3 Å². The van der Waals surface area contributed by atoms with Crippen LogP contribution in [-0.2, 0) is 0 Å². The molecular weight excluding hydrogens is 244 g/mol. The second-order valence-electron chi connectivity index (χ2n) is 3.28. The van der Waals surface area contributed by atoms with Crippen molar-refractivity contribution in [2.45, 2.75) is 0 Å². The Morgan fingerprint density at radius 2 is 2.19 bits per heavy atom. The van der Waals surface area contributed by atoms with E-state index < -0.39 is 0 Å². The summed E-state index contributed by atoms with van der Waals surface area (Å²) in [4.78, 5) is 17.2. The largest absolute Gasteiger partial charge is 0.345 e. The average Bonchev–Trinajstić information content (AvgIpc) is 2.25. The van der Waals surface area contributed by atoms with Crippen LogP contribution in [-0.4, -0.2) is 36.5 Å². The number of rotatable bonds is 3. The molecule has 0 heterocycles. The molecule has 0 aliphatic heterocycles. The van der Waals surface area contributed by atoms with Crippen LogP contribution in [0, 0.1) is 0 Å². The van der Waals surface area contributed by atoms with Crippen LogP contribution in [0.5, 0.6) is 0 Å². The fourth-order valence-electron chi connectivity index (χ4n) is 1.12. The van der Waals surface area contributed by atoms with Gasteiger partial charge in [0.2, 0.25) is 0 Å². The van der Waals surface area contributed by atoms with Gasteiger partial charge in [-0.2, -0.15) is 0 Å². The van der Waals surface area contributed by atoms with Gasteiger partial charge in [0.05, 0.1) is 16.3 Å². The van der Waals surface area contributed by atoms with Crippen LogP contribution >= 0.6 is 23.8 Å². The lowest BCUT2D eigenvalue weighted by Crippen LogP contribution is -2.21. The summed E-state index contributed by atoms with van der Waals surface area (Å²) in [5.74, 6) is -0.129. The monoisotopic (exact) mass is 254 g/mol. The predicted molar refractivity (Wildman–Crippen MR) is 71.3 cm³/mol. The number of hydrogen-bond donors (Lipinski definition) is 0. The van der Waals surface area contributed by atoms with Gasteiger partial charge in [-0.05, 0) is 18.2 Å². The van der Waals surface area contributed by atoms with Gasteiger partial charge in [0, 0.05) is 25.7 Å². The van der Waals surface area contributed by atoms with E-state index in [-0.39, 0.29) is 5.91 Å². The highest BCUT2D eigenvalue weighted by Gasteiger charge is 2.12. The summed E-state index contributed by atoms with van der Waals surface area (Å²) in [6.07, 6.45) is 1.49. The van der Waals surface area contributed by atoms with E-state index in [4.69, 9.17) is 11.6 Å². The van der Waals surface area contributed by atoms with Crippen molar-refractivity contribution in [3.8, 4) is 0 Å². The van der Waals surface area contributed by atoms with E-state index in [0.29, 0.717) is 16.3 Å². The molecular formula is C11H11ClN2OS. The standard InChI is InChI=1S/C11H11ClN2OS/c1-14(2)11(15)9-4-3-8(7-10(9)12)13-5-6-16/h3-7H,1-2H3. The fourth-order valence-corrected chi connectivity index (χ4v) is 1.43. The lowest BCUT2D eigenvalue weighted by Gasteiger charge is -2.11. The Bertz CT molecular complexity index is 444. The summed E-state index contributed by atoms with van der Waals surface area (Å²) < 4.78 is 0. The van der Waals surface area contributed by atoms with E-state index in [0.717, 1.165) is 0 Å². The Hall–Kier alpha value is -1.26. The van der Waals surface area contributed by atoms with Crippen molar-refractivity contribution in [3.63, 3.8) is 0 Å². The number of carbonyl (C=O) groups excluding carboxylic acids is 1. The first-order valence-corrected chi connectivity index (χ1v) is 5.40. The third-order valence-corrected chi connectivity index (χ3v) is 2.31. The van der Waals surface area contributed by atoms with E-state index in [9.17, 15) is 4.79 Å². The van der Waals surface area contributed by atoms with Crippen molar-refractivity contribution in [2.24, 2.45) is 4.99 Å². The minimum Gasteiger partial charge on any atom is -0.345 e. The highest BCUT2D eigenvalue weighted by atomic mass is 35.5. The summed E-state index contributed by atoms with van der Waals surface area (Å²) in [5, 5.41) is 1.80. The van der Waals surface area contributed by atoms with Crippen LogP contribution in [0.25, 0.3) is 0 Å². The van der Waals surface area contributed by atoms with Gasteiger partial charge in [0.1, 0.15) is 0 Å². The number of amides is 1. The number of aliphatic imine (C=N–C) groups is 1. The van der Waals surface area contributed by atoms with Crippen LogP contribution in [0.1, 0.15) is 10.4 Å². The molecule has 16 heavy (non-hydrogen) atoms. The van der Waals surface area contributed by atoms with Gasteiger partial charge in [-0.1, -0.05) is 23.8 Å². The molecule has 0 aliphatic carbocycles. The van der Waals surface area contributed by atoms with Gasteiger partial charge in [0.25, 0.3) is 5.91 Å². The van der Waals surface area contributed by atoms with Crippen LogP contribution in [0.2, 0.25) is 5.02 Å². The number of nitrogens with zero attached hydrogens (tertiary/aromatic N) is 2. The molecule has 84 valence electrons. The fraction of sp³-hybridized carbons (Fsp3) is 0.182. The van der Waals surface area contributed by atoms with Gasteiger partial charge >= 0.3 is 0 Å². The summed E-state index contributed by atoms with van der Waals surface area (Å²) in [6.45, 7) is 0. The zero-order chi connectivity index (χ0) is 12.1. The maximum atomic E-state index is 11.7. The molecule has 0 bridgehead atoms. The molecule has 3 nitrogen and oxygen atoms in total. The smallest absolute Gasteiger partial charge is 0.254 e. The molecule has 0 N–H and O–H groups in total. The third-order valence-electron chi connectivity index (χ3n) is 1.87. The topological polar surface area (TPSA) is 32.7 Å². The van der Waals surface area contributed by atoms with E-state index in [1.807, 2.05) is 0 Å². The second-order valence-corrected chi connectivity index (χ2v) is 3.96. The third kappa shape index (κ3) is 3.12. The van der Waals surface area contributed by atoms with Gasteiger partial charge in [-0.3, -0.25) is 9.79 Å². The van der Waals surface area contributed by atoms with Crippen molar-refractivity contribution >= 4 is 47.0 Å². The highest BCUT2D eigenvalue weighted by Crippen LogP contribution is 2.23. The minimum atomic E-state index is -0.129. The molecule has 1 aromatic carbocycles. The number of carbonyl (C=O) groups is 1. The molecule has 1 amide bonds. The average molecular weight is 255 g/mol. The second kappa shape index (κ2) is 5.72. The summed E-state index contributed by atoms with van der Waals surface area (Å²) in [5.41, 5.74) is 1.13. The van der Waals surface area contributed by atoms with Gasteiger partial charge in [-0.25, -0.2) is 0 Å². The van der Waals surface area contributed by atoms with Crippen LogP contribution in [0.3, 0.4) is 0 Å². The van der Waals surface area contributed by atoms with Crippen LogP contribution < -0.4 is 0 Å². The van der Waals surface area contributed by atoms with Crippen LogP contribution in [0.4, 0.5) is 5.69 Å². The first kappa shape index (κ1) is 12.8. The molecule has 0 saturated carbocycles.